The lowest BCUT2D eigenvalue weighted by Crippen LogP contribution is -2.54. The minimum Gasteiger partial charge on any atom is -0.194 e. The smallest absolute Gasteiger partial charge is 0.194 e. The van der Waals surface area contributed by atoms with E-state index >= 15 is 0 Å². The number of hydrogen-bond acceptors (Lipinski definition) is 2. The molecule has 18 heavy (non-hydrogen) atoms. The minimum atomic E-state index is -0.342. The highest BCUT2D eigenvalue weighted by Crippen LogP contribution is 2.68. The second-order valence-electron chi connectivity index (χ2n) is 8.99. The minimum absolute atomic E-state index is 0.102. The molecule has 106 valence electrons. The standard InChI is InChI=1S/C16H30O2/c1-12(2,3)14(7)9-10-15(8,13(4,5)6)16(11-14)17-18-16/h9-11H2,1-8H3. The fourth-order valence-corrected chi connectivity index (χ4v) is 3.39. The van der Waals surface area contributed by atoms with Crippen LogP contribution in [0.2, 0.25) is 0 Å². The highest BCUT2D eigenvalue weighted by atomic mass is 17.4. The average molecular weight is 254 g/mol. The van der Waals surface area contributed by atoms with Crippen molar-refractivity contribution in [2.24, 2.45) is 21.7 Å². The van der Waals surface area contributed by atoms with E-state index in [2.05, 4.69) is 55.4 Å². The molecule has 2 rings (SSSR count). The molecule has 2 atom stereocenters. The van der Waals surface area contributed by atoms with Crippen molar-refractivity contribution >= 4 is 0 Å². The molecule has 2 unspecified atom stereocenters. The summed E-state index contributed by atoms with van der Waals surface area (Å²) in [6.07, 6.45) is 3.43. The van der Waals surface area contributed by atoms with Crippen molar-refractivity contribution in [3.8, 4) is 0 Å². The van der Waals surface area contributed by atoms with Crippen LogP contribution >= 0.6 is 0 Å². The molecule has 2 nitrogen and oxygen atoms in total. The van der Waals surface area contributed by atoms with Crippen LogP contribution in [0.1, 0.15) is 74.7 Å². The van der Waals surface area contributed by atoms with Gasteiger partial charge in [0.1, 0.15) is 0 Å². The molecule has 0 N–H and O–H groups in total. The lowest BCUT2D eigenvalue weighted by Gasteiger charge is -2.55. The van der Waals surface area contributed by atoms with E-state index in [-0.39, 0.29) is 27.4 Å². The van der Waals surface area contributed by atoms with Gasteiger partial charge in [0.15, 0.2) is 0 Å². The van der Waals surface area contributed by atoms with Crippen LogP contribution in [0.25, 0.3) is 0 Å². The van der Waals surface area contributed by atoms with E-state index in [0.717, 1.165) is 6.42 Å². The topological polar surface area (TPSA) is 25.1 Å². The Bertz CT molecular complexity index is 343. The molecule has 2 heteroatoms. The van der Waals surface area contributed by atoms with Gasteiger partial charge < -0.3 is 0 Å². The Kier molecular flexibility index (Phi) is 2.80. The third-order valence-corrected chi connectivity index (χ3v) is 6.39. The van der Waals surface area contributed by atoms with E-state index in [1.165, 1.54) is 12.8 Å². The van der Waals surface area contributed by atoms with Gasteiger partial charge in [0, 0.05) is 11.8 Å². The highest BCUT2D eigenvalue weighted by Gasteiger charge is 2.71. The van der Waals surface area contributed by atoms with E-state index in [1.807, 2.05) is 0 Å². The van der Waals surface area contributed by atoms with Gasteiger partial charge >= 0.3 is 0 Å². The molecule has 0 aromatic rings. The molecule has 0 amide bonds. The van der Waals surface area contributed by atoms with Crippen molar-refractivity contribution in [3.63, 3.8) is 0 Å². The third-order valence-electron chi connectivity index (χ3n) is 6.39. The molecule has 1 saturated carbocycles. The second-order valence-corrected chi connectivity index (χ2v) is 8.99. The van der Waals surface area contributed by atoms with Crippen molar-refractivity contribution in [1.82, 2.24) is 0 Å². The van der Waals surface area contributed by atoms with Gasteiger partial charge in [-0.15, -0.1) is 0 Å². The maximum absolute atomic E-state index is 5.57. The van der Waals surface area contributed by atoms with Gasteiger partial charge in [0.25, 0.3) is 0 Å². The van der Waals surface area contributed by atoms with Gasteiger partial charge in [-0.05, 0) is 29.1 Å². The van der Waals surface area contributed by atoms with Gasteiger partial charge in [-0.3, -0.25) is 0 Å². The van der Waals surface area contributed by atoms with Crippen molar-refractivity contribution < 1.29 is 9.78 Å². The Morgan fingerprint density at radius 3 is 1.61 bits per heavy atom. The molecule has 1 spiro atoms. The van der Waals surface area contributed by atoms with Crippen LogP contribution in [0.15, 0.2) is 0 Å². The molecule has 2 fully saturated rings. The summed E-state index contributed by atoms with van der Waals surface area (Å²) in [5.74, 6) is -0.342. The molecular formula is C16H30O2. The monoisotopic (exact) mass is 254 g/mol. The van der Waals surface area contributed by atoms with Crippen LogP contribution in [-0.2, 0) is 9.78 Å². The van der Waals surface area contributed by atoms with Gasteiger partial charge in [-0.2, -0.15) is 9.78 Å². The summed E-state index contributed by atoms with van der Waals surface area (Å²) < 4.78 is 0. The van der Waals surface area contributed by atoms with E-state index in [4.69, 9.17) is 9.78 Å². The van der Waals surface area contributed by atoms with E-state index in [0.29, 0.717) is 0 Å². The summed E-state index contributed by atoms with van der Waals surface area (Å²) in [6.45, 7) is 18.7. The van der Waals surface area contributed by atoms with Crippen LogP contribution in [-0.4, -0.2) is 5.79 Å². The molecule has 0 radical (unpaired) electrons. The Morgan fingerprint density at radius 1 is 0.778 bits per heavy atom. The summed E-state index contributed by atoms with van der Waals surface area (Å²) in [5.41, 5.74) is 0.871. The summed E-state index contributed by atoms with van der Waals surface area (Å²) in [5, 5.41) is 0. The molecule has 1 saturated heterocycles. The van der Waals surface area contributed by atoms with Gasteiger partial charge in [-0.1, -0.05) is 55.4 Å². The molecule has 0 aromatic carbocycles. The molecular weight excluding hydrogens is 224 g/mol. The number of hydrogen-bond donors (Lipinski definition) is 0. The first-order valence-electron chi connectivity index (χ1n) is 7.24. The Labute approximate surface area is 112 Å². The molecule has 1 aliphatic heterocycles. The quantitative estimate of drug-likeness (QED) is 0.452. The van der Waals surface area contributed by atoms with Crippen LogP contribution in [0, 0.1) is 21.7 Å². The SMILES string of the molecule is CC(C)(C)C1(C)CCC(C)(C(C)(C)C)C2(C1)OO2. The molecule has 2 aliphatic rings. The molecule has 1 aliphatic carbocycles. The van der Waals surface area contributed by atoms with Crippen LogP contribution in [0.5, 0.6) is 0 Å². The van der Waals surface area contributed by atoms with Gasteiger partial charge in [-0.25, -0.2) is 0 Å². The predicted molar refractivity (Wildman–Crippen MR) is 73.9 cm³/mol. The summed E-state index contributed by atoms with van der Waals surface area (Å²) in [6, 6.07) is 0. The zero-order valence-corrected chi connectivity index (χ0v) is 13.4. The van der Waals surface area contributed by atoms with Crippen LogP contribution in [0.3, 0.4) is 0 Å². The van der Waals surface area contributed by atoms with Crippen molar-refractivity contribution in [2.75, 3.05) is 0 Å². The highest BCUT2D eigenvalue weighted by molar-refractivity contribution is 5.09. The van der Waals surface area contributed by atoms with Crippen LogP contribution in [0.4, 0.5) is 0 Å². The average Bonchev–Trinajstić information content (AvgIpc) is 2.90. The van der Waals surface area contributed by atoms with Crippen LogP contribution < -0.4 is 0 Å². The summed E-state index contributed by atoms with van der Waals surface area (Å²) in [7, 11) is 0. The summed E-state index contributed by atoms with van der Waals surface area (Å²) >= 11 is 0. The maximum atomic E-state index is 5.57. The predicted octanol–water partition coefficient (Wildman–Crippen LogP) is 4.93. The first-order chi connectivity index (χ1) is 7.87. The third kappa shape index (κ3) is 1.76. The Morgan fingerprint density at radius 2 is 1.28 bits per heavy atom. The van der Waals surface area contributed by atoms with Gasteiger partial charge in [0.2, 0.25) is 5.79 Å². The van der Waals surface area contributed by atoms with Crippen molar-refractivity contribution in [1.29, 1.82) is 0 Å². The largest absolute Gasteiger partial charge is 0.240 e. The molecule has 0 aromatic heterocycles. The first-order valence-corrected chi connectivity index (χ1v) is 7.24. The maximum Gasteiger partial charge on any atom is 0.240 e. The second kappa shape index (κ2) is 3.52. The van der Waals surface area contributed by atoms with Crippen molar-refractivity contribution in [3.05, 3.63) is 0 Å². The van der Waals surface area contributed by atoms with E-state index in [9.17, 15) is 0 Å². The first kappa shape index (κ1) is 14.3. The fourth-order valence-electron chi connectivity index (χ4n) is 3.39. The lowest BCUT2D eigenvalue weighted by molar-refractivity contribution is -0.107. The summed E-state index contributed by atoms with van der Waals surface area (Å²) in [4.78, 5) is 11.1. The number of rotatable bonds is 0. The fraction of sp³-hybridized carbons (Fsp3) is 1.00. The molecule has 0 bridgehead atoms. The Hall–Kier alpha value is -0.0800. The van der Waals surface area contributed by atoms with Gasteiger partial charge in [0.05, 0.1) is 0 Å². The zero-order chi connectivity index (χ0) is 14.0. The Balaban J connectivity index is 2.32. The van der Waals surface area contributed by atoms with E-state index < -0.39 is 0 Å². The van der Waals surface area contributed by atoms with E-state index in [1.54, 1.807) is 0 Å². The van der Waals surface area contributed by atoms with Crippen molar-refractivity contribution in [2.45, 2.75) is 80.4 Å². The zero-order valence-electron chi connectivity index (χ0n) is 13.4. The molecule has 1 heterocycles. The lowest BCUT2D eigenvalue weighted by atomic mass is 9.49. The normalized spacial score (nSPS) is 40.0.